The van der Waals surface area contributed by atoms with Crippen molar-refractivity contribution in [2.24, 2.45) is 20.7 Å². The molecule has 12 heteroatoms. The van der Waals surface area contributed by atoms with Crippen LogP contribution in [0.4, 0.5) is 11.4 Å². The van der Waals surface area contributed by atoms with Crippen molar-refractivity contribution in [2.45, 2.75) is 39.5 Å². The highest BCUT2D eigenvalue weighted by Gasteiger charge is 2.21. The number of ether oxygens (including phenoxy) is 2. The van der Waals surface area contributed by atoms with E-state index in [1.807, 2.05) is 10.0 Å². The lowest BCUT2D eigenvalue weighted by atomic mass is 10.2. The van der Waals surface area contributed by atoms with Crippen molar-refractivity contribution in [3.05, 3.63) is 59.7 Å². The van der Waals surface area contributed by atoms with Crippen LogP contribution in [-0.4, -0.2) is 91.2 Å². The molecule has 12 nitrogen and oxygen atoms in total. The maximum atomic E-state index is 11.9. The summed E-state index contributed by atoms with van der Waals surface area (Å²) in [4.78, 5) is 28.5. The highest BCUT2D eigenvalue weighted by Crippen LogP contribution is 2.18. The van der Waals surface area contributed by atoms with Crippen LogP contribution in [0.1, 0.15) is 60.2 Å². The Bertz CT molecular complexity index is 1080. The molecule has 2 heterocycles. The molecule has 0 aliphatic carbocycles. The van der Waals surface area contributed by atoms with Crippen molar-refractivity contribution in [2.75, 3.05) is 59.4 Å². The molecule has 2 saturated heterocycles. The molecule has 0 unspecified atom stereocenters. The fraction of sp³-hybridized carbons (Fsp3) is 0.517. The molecule has 0 aromatic heterocycles. The molecule has 0 spiro atoms. The predicted octanol–water partition coefficient (Wildman–Crippen LogP) is 5.41. The van der Waals surface area contributed by atoms with Crippen LogP contribution in [-0.2, 0) is 9.47 Å². The molecule has 2 aromatic carbocycles. The molecule has 0 saturated carbocycles. The zero-order valence-electron chi connectivity index (χ0n) is 24.0. The Morgan fingerprint density at radius 1 is 0.634 bits per heavy atom. The third-order valence-electron chi connectivity index (χ3n) is 6.74. The van der Waals surface area contributed by atoms with Crippen molar-refractivity contribution in [1.82, 2.24) is 19.8 Å². The molecule has 0 radical (unpaired) electrons. The molecule has 2 aliphatic rings. The first-order chi connectivity index (χ1) is 20.0. The lowest BCUT2D eigenvalue weighted by Gasteiger charge is -2.31. The van der Waals surface area contributed by atoms with Crippen LogP contribution in [0.5, 0.6) is 0 Å². The van der Waals surface area contributed by atoms with Gasteiger partial charge in [-0.25, -0.2) is 9.59 Å². The van der Waals surface area contributed by atoms with E-state index in [0.29, 0.717) is 49.1 Å². The number of hydrogen-bond acceptors (Lipinski definition) is 10. The van der Waals surface area contributed by atoms with E-state index >= 15 is 0 Å². The van der Waals surface area contributed by atoms with Gasteiger partial charge in [-0.05, 0) is 88.1 Å². The standard InChI is InChI=1S/C29H40N8O4/c1-3-40-28(38)24-9-13-26(14-10-24)30-32-36-19-7-5-17-34(22-36)21-35-18-6-8-20-37(23-35)33-31-27-15-11-25(12-16-27)29(39)41-4-2/h9-16H,3-8,17-23H2,1-2H3. The van der Waals surface area contributed by atoms with Crippen LogP contribution in [0.2, 0.25) is 0 Å². The number of rotatable bonds is 10. The summed E-state index contributed by atoms with van der Waals surface area (Å²) in [6.45, 7) is 10.1. The minimum Gasteiger partial charge on any atom is -0.462 e. The van der Waals surface area contributed by atoms with E-state index < -0.39 is 0 Å². The van der Waals surface area contributed by atoms with Crippen molar-refractivity contribution in [3.63, 3.8) is 0 Å². The third-order valence-corrected chi connectivity index (χ3v) is 6.74. The second-order valence-electron chi connectivity index (χ2n) is 10.0. The molecular weight excluding hydrogens is 524 g/mol. The second kappa shape index (κ2) is 15.8. The van der Waals surface area contributed by atoms with Gasteiger partial charge in [0.05, 0.1) is 55.7 Å². The largest absolute Gasteiger partial charge is 0.462 e. The lowest BCUT2D eigenvalue weighted by molar-refractivity contribution is 0.0517. The fourth-order valence-corrected chi connectivity index (χ4v) is 4.65. The molecule has 0 atom stereocenters. The zero-order chi connectivity index (χ0) is 28.9. The monoisotopic (exact) mass is 564 g/mol. The lowest BCUT2D eigenvalue weighted by Crippen LogP contribution is -2.44. The molecule has 2 aromatic rings. The van der Waals surface area contributed by atoms with Gasteiger partial charge < -0.3 is 9.47 Å². The SMILES string of the molecule is CCOC(=O)c1ccc(N=NN2CCCCN(CN3CCCCN(N=Nc4ccc(C(=O)OCC)cc4)C3)C2)cc1. The van der Waals surface area contributed by atoms with Crippen molar-refractivity contribution < 1.29 is 19.1 Å². The van der Waals surface area contributed by atoms with Crippen LogP contribution in [0, 0.1) is 0 Å². The first kappa shape index (κ1) is 30.1. The Hall–Kier alpha value is -3.90. The highest BCUT2D eigenvalue weighted by atomic mass is 16.5. The zero-order valence-corrected chi connectivity index (χ0v) is 24.0. The summed E-state index contributed by atoms with van der Waals surface area (Å²) < 4.78 is 10.1. The van der Waals surface area contributed by atoms with Crippen LogP contribution in [0.15, 0.2) is 69.2 Å². The third kappa shape index (κ3) is 9.61. The van der Waals surface area contributed by atoms with Gasteiger partial charge in [0.15, 0.2) is 0 Å². The first-order valence-corrected chi connectivity index (χ1v) is 14.4. The summed E-state index contributed by atoms with van der Waals surface area (Å²) in [5, 5.41) is 21.8. The van der Waals surface area contributed by atoms with E-state index in [0.717, 1.165) is 58.5 Å². The summed E-state index contributed by atoms with van der Waals surface area (Å²) in [5.41, 5.74) is 2.39. The summed E-state index contributed by atoms with van der Waals surface area (Å²) in [7, 11) is 0. The summed E-state index contributed by atoms with van der Waals surface area (Å²) in [6.07, 6.45) is 4.29. The minimum absolute atomic E-state index is 0.336. The Kier molecular flexibility index (Phi) is 11.6. The average molecular weight is 565 g/mol. The maximum Gasteiger partial charge on any atom is 0.338 e. The molecule has 2 fully saturated rings. The van der Waals surface area contributed by atoms with E-state index in [1.165, 1.54) is 0 Å². The number of carbonyl (C=O) groups excluding carboxylic acids is 2. The molecule has 2 aliphatic heterocycles. The van der Waals surface area contributed by atoms with Crippen LogP contribution < -0.4 is 0 Å². The van der Waals surface area contributed by atoms with Crippen molar-refractivity contribution in [3.8, 4) is 0 Å². The van der Waals surface area contributed by atoms with Crippen LogP contribution in [0.3, 0.4) is 0 Å². The van der Waals surface area contributed by atoms with Crippen molar-refractivity contribution in [1.29, 1.82) is 0 Å². The van der Waals surface area contributed by atoms with Gasteiger partial charge >= 0.3 is 11.9 Å². The quantitative estimate of drug-likeness (QED) is 0.278. The van der Waals surface area contributed by atoms with Gasteiger partial charge in [-0.3, -0.25) is 19.8 Å². The second-order valence-corrected chi connectivity index (χ2v) is 10.0. The summed E-state index contributed by atoms with van der Waals surface area (Å²) in [5.74, 6) is -0.672. The maximum absolute atomic E-state index is 11.9. The Morgan fingerprint density at radius 3 is 1.41 bits per heavy atom. The smallest absolute Gasteiger partial charge is 0.338 e. The molecule has 0 bridgehead atoms. The van der Waals surface area contributed by atoms with Crippen LogP contribution in [0.25, 0.3) is 0 Å². The molecule has 41 heavy (non-hydrogen) atoms. The van der Waals surface area contributed by atoms with Gasteiger partial charge in [0.2, 0.25) is 0 Å². The van der Waals surface area contributed by atoms with Gasteiger partial charge in [0.1, 0.15) is 0 Å². The molecule has 220 valence electrons. The number of carbonyl (C=O) groups is 2. The Balaban J connectivity index is 1.30. The van der Waals surface area contributed by atoms with Gasteiger partial charge in [-0.2, -0.15) is 0 Å². The fourth-order valence-electron chi connectivity index (χ4n) is 4.65. The molecule has 0 amide bonds. The van der Waals surface area contributed by atoms with Gasteiger partial charge in [-0.1, -0.05) is 10.4 Å². The normalized spacial score (nSPS) is 17.5. The van der Waals surface area contributed by atoms with Gasteiger partial charge in [0.25, 0.3) is 0 Å². The molecule has 0 N–H and O–H groups in total. The van der Waals surface area contributed by atoms with E-state index in [1.54, 1.807) is 62.4 Å². The van der Waals surface area contributed by atoms with Crippen LogP contribution >= 0.6 is 0 Å². The van der Waals surface area contributed by atoms with Gasteiger partial charge in [0, 0.05) is 26.2 Å². The molecular formula is C29H40N8O4. The van der Waals surface area contributed by atoms with Crippen molar-refractivity contribution >= 4 is 23.3 Å². The highest BCUT2D eigenvalue weighted by molar-refractivity contribution is 5.90. The number of benzene rings is 2. The number of nitrogens with zero attached hydrogens (tertiary/aromatic N) is 8. The Labute approximate surface area is 241 Å². The first-order valence-electron chi connectivity index (χ1n) is 14.4. The van der Waals surface area contributed by atoms with E-state index in [-0.39, 0.29) is 11.9 Å². The number of hydrogen-bond donors (Lipinski definition) is 0. The van der Waals surface area contributed by atoms with Gasteiger partial charge in [-0.15, -0.1) is 10.2 Å². The summed E-state index contributed by atoms with van der Waals surface area (Å²) in [6, 6.07) is 14.0. The average Bonchev–Trinajstić information content (AvgIpc) is 3.36. The minimum atomic E-state index is -0.336. The predicted molar refractivity (Wildman–Crippen MR) is 154 cm³/mol. The van der Waals surface area contributed by atoms with E-state index in [4.69, 9.17) is 9.47 Å². The van der Waals surface area contributed by atoms with E-state index in [2.05, 4.69) is 30.5 Å². The Morgan fingerprint density at radius 2 is 1.02 bits per heavy atom. The topological polar surface area (TPSA) is 115 Å². The number of esters is 2. The molecule has 4 rings (SSSR count). The van der Waals surface area contributed by atoms with E-state index in [9.17, 15) is 9.59 Å². The summed E-state index contributed by atoms with van der Waals surface area (Å²) >= 11 is 0.